The van der Waals surface area contributed by atoms with Crippen molar-refractivity contribution in [2.45, 2.75) is 49.9 Å². The molecule has 7 rings (SSSR count). The fourth-order valence-corrected chi connectivity index (χ4v) is 6.92. The molecule has 4 aromatic carbocycles. The highest BCUT2D eigenvalue weighted by atomic mass is 32.1. The summed E-state index contributed by atoms with van der Waals surface area (Å²) < 4.78 is 5.68. The summed E-state index contributed by atoms with van der Waals surface area (Å²) in [4.78, 5) is 68.6. The first kappa shape index (κ1) is 37.5. The van der Waals surface area contributed by atoms with Crippen LogP contribution in [-0.2, 0) is 49.7 Å². The van der Waals surface area contributed by atoms with E-state index in [0.29, 0.717) is 11.3 Å². The zero-order valence-corrected chi connectivity index (χ0v) is 30.1. The van der Waals surface area contributed by atoms with Crippen molar-refractivity contribution in [3.05, 3.63) is 148 Å². The van der Waals surface area contributed by atoms with Crippen LogP contribution in [0, 0.1) is 0 Å². The zero-order valence-electron chi connectivity index (χ0n) is 29.3. The summed E-state index contributed by atoms with van der Waals surface area (Å²) in [6.07, 6.45) is 0.233. The lowest BCUT2D eigenvalue weighted by Crippen LogP contribution is -2.59. The van der Waals surface area contributed by atoms with E-state index in [1.807, 2.05) is 78.2 Å². The van der Waals surface area contributed by atoms with Crippen LogP contribution in [0.3, 0.4) is 0 Å². The zero-order chi connectivity index (χ0) is 37.9. The molecule has 2 aliphatic heterocycles. The van der Waals surface area contributed by atoms with Crippen LogP contribution in [0.25, 0.3) is 11.1 Å². The minimum atomic E-state index is -1.32. The molecule has 2 aliphatic rings. The number of hydrogen-bond acceptors (Lipinski definition) is 7. The van der Waals surface area contributed by atoms with E-state index in [0.717, 1.165) is 27.1 Å². The van der Waals surface area contributed by atoms with E-state index in [1.165, 1.54) is 11.3 Å². The SMILES string of the molecule is O=C1COc2ccc(cc2)CC(C(=O)O)NC(=O)C(Cc2ccccc2)NC(=O)C(Cc2ccc(-c3ccccc3)cc2)NC(=O)C(Cc2cccs2)N1. The van der Waals surface area contributed by atoms with Crippen molar-refractivity contribution in [3.63, 3.8) is 0 Å². The van der Waals surface area contributed by atoms with Gasteiger partial charge in [-0.15, -0.1) is 11.3 Å². The Morgan fingerprint density at radius 2 is 1.17 bits per heavy atom. The fourth-order valence-electron chi connectivity index (χ4n) is 6.17. The Bertz CT molecular complexity index is 2040. The van der Waals surface area contributed by atoms with Crippen molar-refractivity contribution in [1.29, 1.82) is 0 Å². The molecule has 4 amide bonds. The third-order valence-electron chi connectivity index (χ3n) is 9.03. The Balaban J connectivity index is 1.34. The van der Waals surface area contributed by atoms with Gasteiger partial charge in [-0.05, 0) is 51.4 Å². The number of fused-ring (bicyclic) bond motifs is 16. The minimum absolute atomic E-state index is 0.0457. The first-order chi connectivity index (χ1) is 26.2. The molecule has 5 aromatic rings. The molecule has 5 N–H and O–H groups in total. The maximum atomic E-state index is 14.3. The lowest BCUT2D eigenvalue weighted by Gasteiger charge is -2.26. The summed E-state index contributed by atoms with van der Waals surface area (Å²) in [7, 11) is 0. The van der Waals surface area contributed by atoms with Gasteiger partial charge in [0.05, 0.1) is 0 Å². The van der Waals surface area contributed by atoms with E-state index in [9.17, 15) is 29.1 Å². The number of amides is 4. The maximum absolute atomic E-state index is 14.3. The minimum Gasteiger partial charge on any atom is -0.484 e. The molecule has 2 bridgehead atoms. The maximum Gasteiger partial charge on any atom is 0.326 e. The number of rotatable bonds is 8. The summed E-state index contributed by atoms with van der Waals surface area (Å²) in [5, 5.41) is 23.0. The standard InChI is InChI=1S/C42H40N4O7S/c47-38-26-53-32-19-15-29(16-20-32)24-37(42(51)52)46-40(49)34(22-27-8-3-1-4-9-27)44-39(48)35(45-41(50)36(43-38)25-33-12-7-21-54-33)23-28-13-17-31(18-14-28)30-10-5-2-6-11-30/h1-21,34-37H,22-26H2,(H,43,47)(H,44,48)(H,45,50)(H,46,49)(H,51,52). The largest absolute Gasteiger partial charge is 0.484 e. The summed E-state index contributed by atoms with van der Waals surface area (Å²) in [6, 6.07) is 31.9. The van der Waals surface area contributed by atoms with Gasteiger partial charge in [-0.1, -0.05) is 103 Å². The van der Waals surface area contributed by atoms with Gasteiger partial charge < -0.3 is 31.1 Å². The van der Waals surface area contributed by atoms with Crippen LogP contribution in [0.15, 0.2) is 127 Å². The van der Waals surface area contributed by atoms with E-state index in [4.69, 9.17) is 4.74 Å². The van der Waals surface area contributed by atoms with Crippen LogP contribution >= 0.6 is 11.3 Å². The average molecular weight is 745 g/mol. The van der Waals surface area contributed by atoms with E-state index in [-0.39, 0.29) is 32.3 Å². The number of carboxylic acids is 1. The van der Waals surface area contributed by atoms with Gasteiger partial charge in [-0.25, -0.2) is 4.79 Å². The molecule has 54 heavy (non-hydrogen) atoms. The second-order valence-corrected chi connectivity index (χ2v) is 14.1. The molecule has 3 heterocycles. The predicted molar refractivity (Wildman–Crippen MR) is 205 cm³/mol. The van der Waals surface area contributed by atoms with Crippen LogP contribution in [0.5, 0.6) is 5.75 Å². The molecule has 0 saturated heterocycles. The lowest BCUT2D eigenvalue weighted by atomic mass is 9.99. The molecule has 4 atom stereocenters. The summed E-state index contributed by atoms with van der Waals surface area (Å²) in [5.74, 6) is -3.39. The number of carboxylic acid groups (broad SMARTS) is 1. The smallest absolute Gasteiger partial charge is 0.326 e. The fraction of sp³-hybridized carbons (Fsp3) is 0.214. The highest BCUT2D eigenvalue weighted by Gasteiger charge is 2.32. The number of benzene rings is 4. The molecule has 12 heteroatoms. The van der Waals surface area contributed by atoms with Crippen molar-refractivity contribution in [1.82, 2.24) is 21.3 Å². The molecule has 0 spiro atoms. The Morgan fingerprint density at radius 3 is 1.76 bits per heavy atom. The van der Waals surface area contributed by atoms with E-state index in [2.05, 4.69) is 21.3 Å². The molecule has 0 saturated carbocycles. The molecule has 0 radical (unpaired) electrons. The summed E-state index contributed by atoms with van der Waals surface area (Å²) >= 11 is 1.43. The second-order valence-electron chi connectivity index (χ2n) is 13.0. The predicted octanol–water partition coefficient (Wildman–Crippen LogP) is 4.10. The molecule has 4 unspecified atom stereocenters. The molecule has 0 fully saturated rings. The Hall–Kier alpha value is -6.27. The number of aliphatic carboxylic acids is 1. The van der Waals surface area contributed by atoms with E-state index < -0.39 is 53.8 Å². The molecule has 1 aromatic heterocycles. The van der Waals surface area contributed by atoms with Crippen LogP contribution in [0.2, 0.25) is 0 Å². The molecule has 276 valence electrons. The Labute approximate surface area is 316 Å². The Kier molecular flexibility index (Phi) is 12.5. The van der Waals surface area contributed by atoms with Crippen LogP contribution in [0.4, 0.5) is 0 Å². The highest BCUT2D eigenvalue weighted by Crippen LogP contribution is 2.21. The van der Waals surface area contributed by atoms with Gasteiger partial charge in [0.1, 0.15) is 29.9 Å². The lowest BCUT2D eigenvalue weighted by molar-refractivity contribution is -0.142. The molecule has 0 aliphatic carbocycles. The Morgan fingerprint density at radius 1 is 0.611 bits per heavy atom. The second kappa shape index (κ2) is 18.0. The number of nitrogens with one attached hydrogen (secondary N) is 4. The van der Waals surface area contributed by atoms with Gasteiger partial charge in [-0.2, -0.15) is 0 Å². The molecule has 11 nitrogen and oxygen atoms in total. The monoisotopic (exact) mass is 744 g/mol. The van der Waals surface area contributed by atoms with Crippen LogP contribution in [-0.4, -0.2) is 65.5 Å². The number of carbonyl (C=O) groups is 5. The molecular weight excluding hydrogens is 705 g/mol. The van der Waals surface area contributed by atoms with Gasteiger partial charge >= 0.3 is 5.97 Å². The quantitative estimate of drug-likeness (QED) is 0.150. The first-order valence-corrected chi connectivity index (χ1v) is 18.4. The van der Waals surface area contributed by atoms with E-state index >= 15 is 0 Å². The van der Waals surface area contributed by atoms with Crippen LogP contribution in [0.1, 0.15) is 21.6 Å². The number of thiophene rings is 1. The third kappa shape index (κ3) is 10.4. The van der Waals surface area contributed by atoms with Crippen molar-refractivity contribution >= 4 is 40.9 Å². The average Bonchev–Trinajstić information content (AvgIpc) is 3.70. The van der Waals surface area contributed by atoms with Gasteiger partial charge in [0.15, 0.2) is 6.61 Å². The number of carbonyl (C=O) groups excluding carboxylic acids is 4. The third-order valence-corrected chi connectivity index (χ3v) is 9.93. The highest BCUT2D eigenvalue weighted by molar-refractivity contribution is 7.09. The number of hydrogen-bond donors (Lipinski definition) is 5. The van der Waals surface area contributed by atoms with Gasteiger partial charge in [0.2, 0.25) is 17.7 Å². The summed E-state index contributed by atoms with van der Waals surface area (Å²) in [6.45, 7) is -0.389. The topological polar surface area (TPSA) is 163 Å². The van der Waals surface area contributed by atoms with Crippen molar-refractivity contribution in [3.8, 4) is 16.9 Å². The van der Waals surface area contributed by atoms with Gasteiger partial charge in [0.25, 0.3) is 5.91 Å². The molecular formula is C42H40N4O7S. The van der Waals surface area contributed by atoms with E-state index in [1.54, 1.807) is 48.5 Å². The van der Waals surface area contributed by atoms with Gasteiger partial charge in [0, 0.05) is 30.6 Å². The first-order valence-electron chi connectivity index (χ1n) is 17.6. The van der Waals surface area contributed by atoms with Crippen LogP contribution < -0.4 is 26.0 Å². The van der Waals surface area contributed by atoms with Crippen molar-refractivity contribution in [2.75, 3.05) is 6.61 Å². The number of ether oxygens (including phenoxy) is 1. The van der Waals surface area contributed by atoms with Gasteiger partial charge in [-0.3, -0.25) is 19.2 Å². The summed E-state index contributed by atoms with van der Waals surface area (Å²) in [5.41, 5.74) is 4.06. The normalized spacial score (nSPS) is 19.9. The van der Waals surface area contributed by atoms with Crippen molar-refractivity contribution < 1.29 is 33.8 Å². The van der Waals surface area contributed by atoms with Crippen molar-refractivity contribution in [2.24, 2.45) is 0 Å².